The lowest BCUT2D eigenvalue weighted by Gasteiger charge is -2.20. The van der Waals surface area contributed by atoms with Crippen molar-refractivity contribution in [3.8, 4) is 0 Å². The van der Waals surface area contributed by atoms with Gasteiger partial charge in [-0.2, -0.15) is 0 Å². The molecule has 0 aliphatic heterocycles. The van der Waals surface area contributed by atoms with E-state index in [9.17, 15) is 9.59 Å². The van der Waals surface area contributed by atoms with Crippen LogP contribution in [0.2, 0.25) is 6.82 Å². The van der Waals surface area contributed by atoms with E-state index in [1.165, 1.54) is 0 Å². The molecule has 0 heterocycles. The van der Waals surface area contributed by atoms with Gasteiger partial charge < -0.3 is 25.3 Å². The lowest BCUT2D eigenvalue weighted by molar-refractivity contribution is 0.168. The molecule has 1 atom stereocenters. The maximum atomic E-state index is 11.5. The first-order valence-corrected chi connectivity index (χ1v) is 9.98. The van der Waals surface area contributed by atoms with Crippen molar-refractivity contribution in [1.82, 2.24) is 5.23 Å². The van der Waals surface area contributed by atoms with Crippen LogP contribution in [0.5, 0.6) is 0 Å². The molecule has 0 aliphatic carbocycles. The lowest BCUT2D eigenvalue weighted by atomic mass is 9.85. The number of ether oxygens (including phenoxy) is 1. The summed E-state index contributed by atoms with van der Waals surface area (Å²) < 4.78 is 17.0. The molecule has 0 saturated heterocycles. The van der Waals surface area contributed by atoms with E-state index in [-0.39, 0.29) is 6.04 Å². The molecular weight excluding hydrogens is 286 g/mol. The molecule has 1 rings (SSSR count). The predicted octanol–water partition coefficient (Wildman–Crippen LogP) is 2.39. The number of nitrogen functional groups attached to an aromatic ring is 1. The van der Waals surface area contributed by atoms with Crippen LogP contribution in [0.3, 0.4) is 0 Å². The van der Waals surface area contributed by atoms with Crippen LogP contribution in [0.4, 0.5) is 5.69 Å². The standard InChI is InChI=1S/C14H26BN2O3P/c1-15(18)17-14(12-6-4-7-13(16)10-12)8-5-9-20-11-21(2,3)19/h4,6-7,10,14,17-18H,5,8-9,11,16H2,1-3H3. The molecule has 0 spiro atoms. The molecule has 1 aromatic rings. The molecule has 0 fully saturated rings. The van der Waals surface area contributed by atoms with E-state index in [4.69, 9.17) is 10.5 Å². The molecule has 118 valence electrons. The van der Waals surface area contributed by atoms with Gasteiger partial charge in [-0.1, -0.05) is 12.1 Å². The highest BCUT2D eigenvalue weighted by Crippen LogP contribution is 2.35. The van der Waals surface area contributed by atoms with Gasteiger partial charge in [-0.25, -0.2) is 0 Å². The Hall–Kier alpha value is -0.805. The number of nitrogens with one attached hydrogen (secondary N) is 1. The molecule has 5 nitrogen and oxygen atoms in total. The molecule has 0 aliphatic rings. The van der Waals surface area contributed by atoms with Gasteiger partial charge in [0.25, 0.3) is 0 Å². The first kappa shape index (κ1) is 18.2. The van der Waals surface area contributed by atoms with E-state index in [0.29, 0.717) is 18.6 Å². The van der Waals surface area contributed by atoms with E-state index < -0.39 is 14.2 Å². The molecule has 1 unspecified atom stereocenters. The Morgan fingerprint density at radius 2 is 2.19 bits per heavy atom. The molecule has 7 heteroatoms. The van der Waals surface area contributed by atoms with Gasteiger partial charge >= 0.3 is 7.05 Å². The third-order valence-electron chi connectivity index (χ3n) is 2.94. The zero-order chi connectivity index (χ0) is 15.9. The van der Waals surface area contributed by atoms with Gasteiger partial charge in [-0.15, -0.1) is 0 Å². The summed E-state index contributed by atoms with van der Waals surface area (Å²) in [7, 11) is -2.70. The number of hydrogen-bond acceptors (Lipinski definition) is 5. The SMILES string of the molecule is CB(O)NC(CCCOCP(C)(C)=O)c1cccc(N)c1. The Bertz CT molecular complexity index is 479. The summed E-state index contributed by atoms with van der Waals surface area (Å²) in [6, 6.07) is 7.66. The van der Waals surface area contributed by atoms with E-state index in [0.717, 1.165) is 18.4 Å². The van der Waals surface area contributed by atoms with Gasteiger partial charge in [-0.05, 0) is 50.7 Å². The van der Waals surface area contributed by atoms with Crippen LogP contribution < -0.4 is 11.0 Å². The zero-order valence-corrected chi connectivity index (χ0v) is 14.0. The minimum Gasteiger partial charge on any atom is -0.437 e. The number of hydrogen-bond donors (Lipinski definition) is 3. The third kappa shape index (κ3) is 8.27. The summed E-state index contributed by atoms with van der Waals surface area (Å²) in [5.74, 6) is 0. The monoisotopic (exact) mass is 312 g/mol. The van der Waals surface area contributed by atoms with Crippen molar-refractivity contribution in [2.75, 3.05) is 32.0 Å². The highest BCUT2D eigenvalue weighted by atomic mass is 31.2. The van der Waals surface area contributed by atoms with E-state index >= 15 is 0 Å². The molecule has 1 aromatic carbocycles. The van der Waals surface area contributed by atoms with Crippen LogP contribution in [-0.4, -0.2) is 38.4 Å². The highest BCUT2D eigenvalue weighted by Gasteiger charge is 2.15. The summed E-state index contributed by atoms with van der Waals surface area (Å²) >= 11 is 0. The maximum Gasteiger partial charge on any atom is 0.374 e. The summed E-state index contributed by atoms with van der Waals surface area (Å²) in [6.45, 7) is 5.70. The van der Waals surface area contributed by atoms with Gasteiger partial charge in [0.05, 0.1) is 6.35 Å². The van der Waals surface area contributed by atoms with Crippen LogP contribution >= 0.6 is 7.14 Å². The van der Waals surface area contributed by atoms with Gasteiger partial charge in [0, 0.05) is 18.3 Å². The lowest BCUT2D eigenvalue weighted by Crippen LogP contribution is -2.34. The summed E-state index contributed by atoms with van der Waals surface area (Å²) in [5, 5.41) is 12.7. The predicted molar refractivity (Wildman–Crippen MR) is 90.1 cm³/mol. The second-order valence-corrected chi connectivity index (χ2v) is 9.22. The van der Waals surface area contributed by atoms with Crippen LogP contribution in [0.25, 0.3) is 0 Å². The Kier molecular flexibility index (Phi) is 7.46. The average Bonchev–Trinajstić information content (AvgIpc) is 2.35. The largest absolute Gasteiger partial charge is 0.437 e. The second kappa shape index (κ2) is 8.59. The summed E-state index contributed by atoms with van der Waals surface area (Å²) in [5.41, 5.74) is 7.56. The number of benzene rings is 1. The molecule has 21 heavy (non-hydrogen) atoms. The Balaban J connectivity index is 2.49. The smallest absolute Gasteiger partial charge is 0.374 e. The van der Waals surface area contributed by atoms with E-state index in [2.05, 4.69) is 5.23 Å². The fourth-order valence-corrected chi connectivity index (χ4v) is 2.66. The third-order valence-corrected chi connectivity index (χ3v) is 3.74. The van der Waals surface area contributed by atoms with Crippen LogP contribution in [0.1, 0.15) is 24.4 Å². The Morgan fingerprint density at radius 3 is 2.76 bits per heavy atom. The van der Waals surface area contributed by atoms with E-state index in [1.54, 1.807) is 20.2 Å². The zero-order valence-electron chi connectivity index (χ0n) is 13.1. The van der Waals surface area contributed by atoms with Gasteiger partial charge in [-0.3, -0.25) is 0 Å². The van der Waals surface area contributed by atoms with Gasteiger partial charge in [0.2, 0.25) is 0 Å². The quantitative estimate of drug-likeness (QED) is 0.282. The normalized spacial score (nSPS) is 13.1. The van der Waals surface area contributed by atoms with Gasteiger partial charge in [0.15, 0.2) is 0 Å². The van der Waals surface area contributed by atoms with Gasteiger partial charge in [0.1, 0.15) is 7.14 Å². The van der Waals surface area contributed by atoms with Crippen molar-refractivity contribution in [3.63, 3.8) is 0 Å². The molecule has 0 bridgehead atoms. The first-order chi connectivity index (χ1) is 9.78. The van der Waals surface area contributed by atoms with Crippen molar-refractivity contribution in [1.29, 1.82) is 0 Å². The number of rotatable bonds is 9. The Morgan fingerprint density at radius 1 is 1.48 bits per heavy atom. The van der Waals surface area contributed by atoms with Crippen molar-refractivity contribution >= 4 is 19.9 Å². The molecule has 0 amide bonds. The number of nitrogens with two attached hydrogens (primary N) is 1. The molecular formula is C14H26BN2O3P. The van der Waals surface area contributed by atoms with E-state index in [1.807, 2.05) is 24.3 Å². The average molecular weight is 312 g/mol. The van der Waals surface area contributed by atoms with Crippen LogP contribution in [0, 0.1) is 0 Å². The van der Waals surface area contributed by atoms with Crippen LogP contribution in [-0.2, 0) is 9.30 Å². The molecule has 0 saturated carbocycles. The minimum atomic E-state index is -2.11. The fourth-order valence-electron chi connectivity index (χ4n) is 2.09. The molecule has 4 N–H and O–H groups in total. The second-order valence-electron chi connectivity index (χ2n) is 5.82. The molecule has 0 radical (unpaired) electrons. The topological polar surface area (TPSA) is 84.6 Å². The fraction of sp³-hybridized carbons (Fsp3) is 0.571. The summed E-state index contributed by atoms with van der Waals surface area (Å²) in [6.07, 6.45) is 1.95. The van der Waals surface area contributed by atoms with Crippen molar-refractivity contribution in [2.45, 2.75) is 25.7 Å². The maximum absolute atomic E-state index is 11.5. The van der Waals surface area contributed by atoms with Crippen LogP contribution in [0.15, 0.2) is 24.3 Å². The minimum absolute atomic E-state index is 0.0205. The summed E-state index contributed by atoms with van der Waals surface area (Å²) in [4.78, 5) is 0. The molecule has 0 aromatic heterocycles. The van der Waals surface area contributed by atoms with Crippen molar-refractivity contribution in [2.24, 2.45) is 0 Å². The Labute approximate surface area is 127 Å². The first-order valence-electron chi connectivity index (χ1n) is 7.19. The van der Waals surface area contributed by atoms with Crippen molar-refractivity contribution < 1.29 is 14.3 Å². The number of anilines is 1. The van der Waals surface area contributed by atoms with Crippen molar-refractivity contribution in [3.05, 3.63) is 29.8 Å². The highest BCUT2D eigenvalue weighted by molar-refractivity contribution is 7.62.